The van der Waals surface area contributed by atoms with Crippen LogP contribution < -0.4 is 5.32 Å². The van der Waals surface area contributed by atoms with Gasteiger partial charge in [0.25, 0.3) is 11.8 Å². The fourth-order valence-electron chi connectivity index (χ4n) is 3.24. The maximum absolute atomic E-state index is 12.3. The minimum Gasteiger partial charge on any atom is -0.338 e. The van der Waals surface area contributed by atoms with E-state index in [2.05, 4.69) is 17.4 Å². The maximum atomic E-state index is 12.3. The molecule has 0 saturated heterocycles. The Kier molecular flexibility index (Phi) is 4.95. The zero-order valence-corrected chi connectivity index (χ0v) is 15.8. The Balaban J connectivity index is 1.35. The largest absolute Gasteiger partial charge is 0.338 e. The number of hydrogen-bond acceptors (Lipinski definition) is 5. The van der Waals surface area contributed by atoms with Gasteiger partial charge in [0, 0.05) is 24.6 Å². The Morgan fingerprint density at radius 3 is 2.31 bits per heavy atom. The van der Waals surface area contributed by atoms with Crippen LogP contribution in [0.3, 0.4) is 0 Å². The number of fused-ring (bicyclic) bond motifs is 1. The van der Waals surface area contributed by atoms with E-state index >= 15 is 0 Å². The van der Waals surface area contributed by atoms with Crippen molar-refractivity contribution in [3.05, 3.63) is 71.3 Å². The van der Waals surface area contributed by atoms with E-state index in [1.807, 2.05) is 24.3 Å². The number of imide groups is 1. The molecule has 1 N–H and O–H groups in total. The molecule has 0 atom stereocenters. The molecule has 0 fully saturated rings. The summed E-state index contributed by atoms with van der Waals surface area (Å²) in [6.07, 6.45) is 0.917. The van der Waals surface area contributed by atoms with Gasteiger partial charge in [-0.15, -0.1) is 0 Å². The van der Waals surface area contributed by atoms with Crippen molar-refractivity contribution < 1.29 is 18.9 Å². The zero-order valence-electron chi connectivity index (χ0n) is 15.8. The second-order valence-corrected chi connectivity index (χ2v) is 6.73. The second kappa shape index (κ2) is 7.71. The van der Waals surface area contributed by atoms with E-state index in [-0.39, 0.29) is 36.6 Å². The highest BCUT2D eigenvalue weighted by atomic mass is 16.5. The van der Waals surface area contributed by atoms with Gasteiger partial charge in [-0.05, 0) is 24.1 Å². The standard InChI is InChI=1S/C22H19N3O4/c1-2-14-7-9-15(10-8-14)18-13-20(29-24-18)23-19(26)11-12-25-21(27)16-5-3-4-6-17(16)22(25)28/h3-10,13H,2,11-12H2,1H3,(H,23,26). The van der Waals surface area contributed by atoms with Gasteiger partial charge in [-0.2, -0.15) is 0 Å². The van der Waals surface area contributed by atoms with Gasteiger partial charge in [0.15, 0.2) is 0 Å². The number of rotatable bonds is 6. The summed E-state index contributed by atoms with van der Waals surface area (Å²) < 4.78 is 5.18. The average molecular weight is 389 g/mol. The van der Waals surface area contributed by atoms with Gasteiger partial charge in [-0.3, -0.25) is 24.6 Å². The molecular weight excluding hydrogens is 370 g/mol. The number of amides is 3. The molecule has 1 aliphatic rings. The molecule has 3 aromatic rings. The molecule has 2 heterocycles. The van der Waals surface area contributed by atoms with Crippen molar-refractivity contribution >= 4 is 23.6 Å². The molecule has 0 spiro atoms. The van der Waals surface area contributed by atoms with E-state index in [0.717, 1.165) is 16.9 Å². The molecule has 7 nitrogen and oxygen atoms in total. The monoisotopic (exact) mass is 389 g/mol. The van der Waals surface area contributed by atoms with E-state index in [1.165, 1.54) is 5.56 Å². The van der Waals surface area contributed by atoms with Crippen molar-refractivity contribution in [3.8, 4) is 11.3 Å². The summed E-state index contributed by atoms with van der Waals surface area (Å²) in [5.41, 5.74) is 3.46. The van der Waals surface area contributed by atoms with E-state index in [0.29, 0.717) is 16.8 Å². The molecule has 0 unspecified atom stereocenters. The first-order valence-electron chi connectivity index (χ1n) is 9.38. The zero-order chi connectivity index (χ0) is 20.4. The van der Waals surface area contributed by atoms with Crippen LogP contribution in [-0.4, -0.2) is 34.3 Å². The third-order valence-corrected chi connectivity index (χ3v) is 4.87. The molecule has 1 aliphatic heterocycles. The molecule has 4 rings (SSSR count). The molecule has 3 amide bonds. The molecule has 0 radical (unpaired) electrons. The summed E-state index contributed by atoms with van der Waals surface area (Å²) in [6.45, 7) is 2.08. The van der Waals surface area contributed by atoms with E-state index in [1.54, 1.807) is 30.3 Å². The highest BCUT2D eigenvalue weighted by molar-refractivity contribution is 6.21. The van der Waals surface area contributed by atoms with Crippen LogP contribution in [0.2, 0.25) is 0 Å². The predicted molar refractivity (Wildman–Crippen MR) is 106 cm³/mol. The lowest BCUT2D eigenvalue weighted by Gasteiger charge is -2.12. The van der Waals surface area contributed by atoms with Crippen LogP contribution in [0.1, 0.15) is 39.6 Å². The normalized spacial score (nSPS) is 12.9. The Morgan fingerprint density at radius 2 is 1.69 bits per heavy atom. The topological polar surface area (TPSA) is 92.5 Å². The number of benzene rings is 2. The molecular formula is C22H19N3O4. The van der Waals surface area contributed by atoms with Crippen LogP contribution in [0.25, 0.3) is 11.3 Å². The number of hydrogen-bond donors (Lipinski definition) is 1. The van der Waals surface area contributed by atoms with E-state index in [9.17, 15) is 14.4 Å². The van der Waals surface area contributed by atoms with Gasteiger partial charge >= 0.3 is 0 Å². The lowest BCUT2D eigenvalue weighted by atomic mass is 10.1. The smallest absolute Gasteiger partial charge is 0.261 e. The Morgan fingerprint density at radius 1 is 1.03 bits per heavy atom. The van der Waals surface area contributed by atoms with Crippen LogP contribution in [0.5, 0.6) is 0 Å². The SMILES string of the molecule is CCc1ccc(-c2cc(NC(=O)CCN3C(=O)c4ccccc4C3=O)on2)cc1. The molecule has 2 aromatic carbocycles. The molecule has 146 valence electrons. The average Bonchev–Trinajstić information content (AvgIpc) is 3.30. The molecule has 0 aliphatic carbocycles. The first-order chi connectivity index (χ1) is 14.1. The Bertz CT molecular complexity index is 1050. The van der Waals surface area contributed by atoms with Crippen LogP contribution in [0.4, 0.5) is 5.88 Å². The number of carbonyl (C=O) groups excluding carboxylic acids is 3. The van der Waals surface area contributed by atoms with Crippen LogP contribution >= 0.6 is 0 Å². The molecule has 29 heavy (non-hydrogen) atoms. The van der Waals surface area contributed by atoms with Gasteiger partial charge in [-0.25, -0.2) is 0 Å². The fraction of sp³-hybridized carbons (Fsp3) is 0.182. The molecule has 1 aromatic heterocycles. The highest BCUT2D eigenvalue weighted by Crippen LogP contribution is 2.24. The van der Waals surface area contributed by atoms with Crippen molar-refractivity contribution in [1.29, 1.82) is 0 Å². The van der Waals surface area contributed by atoms with Gasteiger partial charge < -0.3 is 4.52 Å². The van der Waals surface area contributed by atoms with Gasteiger partial charge in [-0.1, -0.05) is 48.5 Å². The van der Waals surface area contributed by atoms with Gasteiger partial charge in [0.2, 0.25) is 11.8 Å². The second-order valence-electron chi connectivity index (χ2n) is 6.73. The van der Waals surface area contributed by atoms with Crippen molar-refractivity contribution in [2.45, 2.75) is 19.8 Å². The number of carbonyl (C=O) groups is 3. The summed E-state index contributed by atoms with van der Waals surface area (Å²) in [4.78, 5) is 38.0. The van der Waals surface area contributed by atoms with Crippen molar-refractivity contribution in [3.63, 3.8) is 0 Å². The summed E-state index contributed by atoms with van der Waals surface area (Å²) >= 11 is 0. The minimum absolute atomic E-state index is 0.00233. The van der Waals surface area contributed by atoms with Crippen molar-refractivity contribution in [2.24, 2.45) is 0 Å². The fourth-order valence-corrected chi connectivity index (χ4v) is 3.24. The van der Waals surface area contributed by atoms with Crippen LogP contribution in [-0.2, 0) is 11.2 Å². The third-order valence-electron chi connectivity index (χ3n) is 4.87. The molecule has 0 bridgehead atoms. The molecule has 7 heteroatoms. The quantitative estimate of drug-likeness (QED) is 0.651. The van der Waals surface area contributed by atoms with E-state index in [4.69, 9.17) is 4.52 Å². The van der Waals surface area contributed by atoms with Crippen LogP contribution in [0.15, 0.2) is 59.1 Å². The number of anilines is 1. The maximum Gasteiger partial charge on any atom is 0.261 e. The minimum atomic E-state index is -0.379. The number of aryl methyl sites for hydroxylation is 1. The highest BCUT2D eigenvalue weighted by Gasteiger charge is 2.35. The summed E-state index contributed by atoms with van der Waals surface area (Å²) in [7, 11) is 0. The number of nitrogens with zero attached hydrogens (tertiary/aromatic N) is 2. The first kappa shape index (κ1) is 18.6. The third kappa shape index (κ3) is 3.67. The lowest BCUT2D eigenvalue weighted by molar-refractivity contribution is -0.116. The Labute approximate surface area is 167 Å². The van der Waals surface area contributed by atoms with Gasteiger partial charge in [0.1, 0.15) is 5.69 Å². The first-order valence-corrected chi connectivity index (χ1v) is 9.38. The number of nitrogens with one attached hydrogen (secondary N) is 1. The lowest BCUT2D eigenvalue weighted by Crippen LogP contribution is -2.32. The van der Waals surface area contributed by atoms with Crippen molar-refractivity contribution in [1.82, 2.24) is 10.1 Å². The number of aromatic nitrogens is 1. The summed E-state index contributed by atoms with van der Waals surface area (Å²) in [5, 5.41) is 6.59. The Hall–Kier alpha value is -3.74. The van der Waals surface area contributed by atoms with E-state index < -0.39 is 0 Å². The van der Waals surface area contributed by atoms with Crippen LogP contribution in [0, 0.1) is 0 Å². The summed E-state index contributed by atoms with van der Waals surface area (Å²) in [6, 6.07) is 16.2. The summed E-state index contributed by atoms with van der Waals surface area (Å²) in [5.74, 6) is -0.913. The molecule has 0 saturated carbocycles. The predicted octanol–water partition coefficient (Wildman–Crippen LogP) is 3.53. The van der Waals surface area contributed by atoms with Crippen molar-refractivity contribution in [2.75, 3.05) is 11.9 Å². The van der Waals surface area contributed by atoms with Gasteiger partial charge in [0.05, 0.1) is 11.1 Å².